The molecule has 0 aliphatic carbocycles. The number of ether oxygens (including phenoxy) is 2. The lowest BCUT2D eigenvalue weighted by Gasteiger charge is -2.39. The van der Waals surface area contributed by atoms with Gasteiger partial charge in [-0.2, -0.15) is 0 Å². The van der Waals surface area contributed by atoms with E-state index in [4.69, 9.17) is 9.47 Å². The van der Waals surface area contributed by atoms with Crippen molar-refractivity contribution in [2.45, 2.75) is 95.7 Å². The Kier molecular flexibility index (Phi) is 10.4. The molecule has 46 heavy (non-hydrogen) atoms. The lowest BCUT2D eigenvalue weighted by atomic mass is 9.77. The number of unbranched alkanes of at least 4 members (excludes halogenated alkanes) is 1. The normalized spacial score (nSPS) is 33.2. The highest BCUT2D eigenvalue weighted by Gasteiger charge is 2.72. The first-order valence-corrected chi connectivity index (χ1v) is 16.8. The molecule has 0 radical (unpaired) electrons. The van der Waals surface area contributed by atoms with Gasteiger partial charge in [0, 0.05) is 26.6 Å². The number of carbonyl (C=O) groups is 4. The third-order valence-electron chi connectivity index (χ3n) is 10.1. The molecule has 1 aromatic rings. The highest BCUT2D eigenvalue weighted by atomic mass is 16.6. The Morgan fingerprint density at radius 2 is 1.80 bits per heavy atom. The smallest absolute Gasteiger partial charge is 0.313 e. The van der Waals surface area contributed by atoms with Crippen LogP contribution >= 0.6 is 0 Å². The zero-order valence-electron chi connectivity index (χ0n) is 27.7. The third-order valence-corrected chi connectivity index (χ3v) is 10.1. The summed E-state index contributed by atoms with van der Waals surface area (Å²) in [5.74, 6) is -3.27. The fourth-order valence-electron chi connectivity index (χ4n) is 7.64. The van der Waals surface area contributed by atoms with Crippen LogP contribution in [0, 0.1) is 17.8 Å². The number of aliphatic hydroxyl groups is 1. The highest BCUT2D eigenvalue weighted by Crippen LogP contribution is 2.54. The molecule has 5 rings (SSSR count). The van der Waals surface area contributed by atoms with Gasteiger partial charge < -0.3 is 29.3 Å². The minimum atomic E-state index is -1.43. The molecule has 10 nitrogen and oxygen atoms in total. The van der Waals surface area contributed by atoms with Gasteiger partial charge in [0.1, 0.15) is 23.7 Å². The summed E-state index contributed by atoms with van der Waals surface area (Å²) < 4.78 is 13.1. The summed E-state index contributed by atoms with van der Waals surface area (Å²) in [6.07, 6.45) is 8.47. The Bertz CT molecular complexity index is 1350. The summed E-state index contributed by atoms with van der Waals surface area (Å²) in [7, 11) is 1.71. The SMILES string of the molecule is CCCCN1CC=C[C@@]23O[C@H]4/C=C\CCC(=O)N(C)[C@@H](C)[C@H](c5ccccc5)OC(=O)[C@H]4[C@@H]2C(=O)N([C@@H](CO)CC(C)C)[C@H]3C1=O. The minimum absolute atomic E-state index is 0.0791. The quantitative estimate of drug-likeness (QED) is 0.343. The lowest BCUT2D eigenvalue weighted by molar-refractivity contribution is -0.164. The minimum Gasteiger partial charge on any atom is -0.455 e. The van der Waals surface area contributed by atoms with Crippen LogP contribution in [0.5, 0.6) is 0 Å². The molecule has 10 heteroatoms. The zero-order valence-corrected chi connectivity index (χ0v) is 27.7. The fraction of sp³-hybridized carbons (Fsp3) is 0.611. The Morgan fingerprint density at radius 3 is 2.48 bits per heavy atom. The van der Waals surface area contributed by atoms with E-state index in [9.17, 15) is 24.3 Å². The molecule has 8 atom stereocenters. The van der Waals surface area contributed by atoms with E-state index in [0.717, 1.165) is 18.4 Å². The number of allylic oxidation sites excluding steroid dienone is 1. The summed E-state index contributed by atoms with van der Waals surface area (Å²) in [6, 6.07) is 7.13. The number of aliphatic hydroxyl groups excluding tert-OH is 1. The number of fused-ring (bicyclic) bond motifs is 2. The molecule has 2 fully saturated rings. The van der Waals surface area contributed by atoms with Crippen molar-refractivity contribution in [3.05, 3.63) is 60.2 Å². The first-order valence-electron chi connectivity index (χ1n) is 16.8. The van der Waals surface area contributed by atoms with Gasteiger partial charge in [0.05, 0.1) is 30.7 Å². The van der Waals surface area contributed by atoms with Gasteiger partial charge in [0.15, 0.2) is 0 Å². The number of amides is 3. The van der Waals surface area contributed by atoms with Crippen molar-refractivity contribution in [2.24, 2.45) is 17.8 Å². The van der Waals surface area contributed by atoms with E-state index < -0.39 is 53.7 Å². The molecular formula is C36H49N3O7. The van der Waals surface area contributed by atoms with E-state index in [1.165, 1.54) is 4.90 Å². The van der Waals surface area contributed by atoms with Crippen LogP contribution in [0.3, 0.4) is 0 Å². The number of benzene rings is 1. The highest BCUT2D eigenvalue weighted by molar-refractivity contribution is 5.99. The van der Waals surface area contributed by atoms with E-state index in [2.05, 4.69) is 6.92 Å². The van der Waals surface area contributed by atoms with E-state index >= 15 is 0 Å². The molecule has 0 saturated carbocycles. The first-order chi connectivity index (χ1) is 22.0. The van der Waals surface area contributed by atoms with E-state index in [0.29, 0.717) is 25.9 Å². The largest absolute Gasteiger partial charge is 0.455 e. The molecule has 0 unspecified atom stereocenters. The predicted molar refractivity (Wildman–Crippen MR) is 172 cm³/mol. The van der Waals surface area contributed by atoms with Crippen molar-refractivity contribution in [3.8, 4) is 0 Å². The monoisotopic (exact) mass is 635 g/mol. The molecule has 4 aliphatic heterocycles. The van der Waals surface area contributed by atoms with E-state index in [1.54, 1.807) is 22.9 Å². The van der Waals surface area contributed by atoms with Crippen LogP contribution in [-0.4, -0.2) is 100 Å². The van der Waals surface area contributed by atoms with E-state index in [1.807, 2.05) is 69.3 Å². The molecule has 0 aromatic heterocycles. The second kappa shape index (κ2) is 14.1. The van der Waals surface area contributed by atoms with Crippen molar-refractivity contribution < 1.29 is 33.8 Å². The number of carbonyl (C=O) groups excluding carboxylic acids is 4. The molecule has 4 heterocycles. The number of esters is 1. The van der Waals surface area contributed by atoms with Gasteiger partial charge in [-0.15, -0.1) is 0 Å². The van der Waals surface area contributed by atoms with Gasteiger partial charge in [-0.25, -0.2) is 0 Å². The number of rotatable bonds is 8. The molecule has 2 saturated heterocycles. The Labute approximate surface area is 272 Å². The Morgan fingerprint density at radius 1 is 1.07 bits per heavy atom. The van der Waals surface area contributed by atoms with Crippen LogP contribution in [-0.2, 0) is 28.7 Å². The summed E-state index contributed by atoms with van der Waals surface area (Å²) in [4.78, 5) is 61.7. The number of cyclic esters (lactones) is 1. The van der Waals surface area contributed by atoms with Crippen molar-refractivity contribution in [1.29, 1.82) is 0 Å². The van der Waals surface area contributed by atoms with Crippen LogP contribution in [0.1, 0.15) is 71.5 Å². The first kappa shape index (κ1) is 33.9. The second-order valence-electron chi connectivity index (χ2n) is 13.6. The standard InChI is InChI=1S/C36H49N3O7/c1-6-7-19-38-20-13-18-36-30(33(42)39(32(36)34(38)43)26(22-40)21-23(2)3)29-27(46-36)16-11-12-17-28(41)37(5)24(4)31(45-35(29)44)25-14-9-8-10-15-25/h8-11,13-16,18,23-24,26-27,29-32,40H,6-7,12,17,19-22H2,1-5H3/b16-11-/t24-,26+,27-,29+,30+,31+,32-,36+/m0/s1. The van der Waals surface area contributed by atoms with E-state index in [-0.39, 0.29) is 36.7 Å². The number of nitrogens with zero attached hydrogens (tertiary/aromatic N) is 3. The van der Waals surface area contributed by atoms with Crippen LogP contribution < -0.4 is 0 Å². The summed E-state index contributed by atoms with van der Waals surface area (Å²) in [6.45, 7) is 8.50. The second-order valence-corrected chi connectivity index (χ2v) is 13.6. The number of likely N-dealkylation sites (tertiary alicyclic amines) is 1. The predicted octanol–water partition coefficient (Wildman–Crippen LogP) is 3.65. The van der Waals surface area contributed by atoms with Gasteiger partial charge >= 0.3 is 5.97 Å². The van der Waals surface area contributed by atoms with Crippen molar-refractivity contribution in [3.63, 3.8) is 0 Å². The van der Waals surface area contributed by atoms with Gasteiger partial charge in [-0.3, -0.25) is 19.2 Å². The molecule has 1 N–H and O–H groups in total. The topological polar surface area (TPSA) is 117 Å². The summed E-state index contributed by atoms with van der Waals surface area (Å²) in [5, 5.41) is 10.6. The maximum atomic E-state index is 14.7. The van der Waals surface area contributed by atoms with Gasteiger partial charge in [0.2, 0.25) is 17.7 Å². The Hall–Kier alpha value is -3.50. The number of hydrogen-bond donors (Lipinski definition) is 1. The molecule has 3 amide bonds. The molecule has 1 aromatic carbocycles. The Balaban J connectivity index is 1.63. The third kappa shape index (κ3) is 6.13. The lowest BCUT2D eigenvalue weighted by Crippen LogP contribution is -2.58. The summed E-state index contributed by atoms with van der Waals surface area (Å²) >= 11 is 0. The zero-order chi connectivity index (χ0) is 33.2. The van der Waals surface area contributed by atoms with Crippen molar-refractivity contribution in [1.82, 2.24) is 14.7 Å². The van der Waals surface area contributed by atoms with Crippen LogP contribution in [0.15, 0.2) is 54.6 Å². The number of likely N-dealkylation sites (N-methyl/N-ethyl adjacent to an activating group) is 1. The molecule has 0 bridgehead atoms. The van der Waals surface area contributed by atoms with Gasteiger partial charge in [-0.05, 0) is 37.7 Å². The number of hydrogen-bond acceptors (Lipinski definition) is 7. The van der Waals surface area contributed by atoms with Crippen molar-refractivity contribution >= 4 is 23.7 Å². The maximum Gasteiger partial charge on any atom is 0.313 e. The van der Waals surface area contributed by atoms with Gasteiger partial charge in [-0.1, -0.05) is 81.8 Å². The van der Waals surface area contributed by atoms with Crippen LogP contribution in [0.2, 0.25) is 0 Å². The molecular weight excluding hydrogens is 586 g/mol. The maximum absolute atomic E-state index is 14.7. The molecule has 1 spiro atoms. The van der Waals surface area contributed by atoms with Crippen LogP contribution in [0.25, 0.3) is 0 Å². The average molecular weight is 636 g/mol. The average Bonchev–Trinajstić information content (AvgIpc) is 3.44. The van der Waals surface area contributed by atoms with Crippen molar-refractivity contribution in [2.75, 3.05) is 26.7 Å². The van der Waals surface area contributed by atoms with Crippen LogP contribution in [0.4, 0.5) is 0 Å². The molecule has 250 valence electrons. The molecule has 4 aliphatic rings. The fourth-order valence-corrected chi connectivity index (χ4v) is 7.64. The summed E-state index contributed by atoms with van der Waals surface area (Å²) in [5.41, 5.74) is -0.704. The van der Waals surface area contributed by atoms with Gasteiger partial charge in [0.25, 0.3) is 0 Å².